The SMILES string of the molecule is O=C(OCCN1CCCCC1)C1CC1(c1ccc(Cl)cc1)c1ccc(Cl)cc1. The number of benzene rings is 2. The van der Waals surface area contributed by atoms with Crippen LogP contribution in [-0.4, -0.2) is 37.1 Å². The molecule has 5 heteroatoms. The standard InChI is InChI=1S/C23H25Cl2NO2/c24-19-8-4-17(5-9-19)23(18-6-10-20(25)11-7-18)16-21(23)22(27)28-15-14-26-12-2-1-3-13-26/h4-11,21H,1-3,12-16H2. The van der Waals surface area contributed by atoms with Crippen molar-refractivity contribution in [3.63, 3.8) is 0 Å². The Labute approximate surface area is 176 Å². The molecule has 1 heterocycles. The van der Waals surface area contributed by atoms with Crippen molar-refractivity contribution in [3.8, 4) is 0 Å². The summed E-state index contributed by atoms with van der Waals surface area (Å²) in [6.07, 6.45) is 4.54. The lowest BCUT2D eigenvalue weighted by Gasteiger charge is -2.26. The lowest BCUT2D eigenvalue weighted by atomic mass is 9.86. The van der Waals surface area contributed by atoms with Crippen molar-refractivity contribution in [2.24, 2.45) is 5.92 Å². The van der Waals surface area contributed by atoms with Gasteiger partial charge in [-0.3, -0.25) is 9.69 Å². The van der Waals surface area contributed by atoms with Gasteiger partial charge in [0, 0.05) is 22.0 Å². The highest BCUT2D eigenvalue weighted by Crippen LogP contribution is 2.59. The Morgan fingerprint density at radius 1 is 0.929 bits per heavy atom. The molecule has 2 aromatic rings. The molecular weight excluding hydrogens is 393 g/mol. The summed E-state index contributed by atoms with van der Waals surface area (Å²) in [7, 11) is 0. The monoisotopic (exact) mass is 417 g/mol. The highest BCUT2D eigenvalue weighted by Gasteiger charge is 2.61. The number of ether oxygens (including phenoxy) is 1. The summed E-state index contributed by atoms with van der Waals surface area (Å²) in [5, 5.41) is 1.38. The highest BCUT2D eigenvalue weighted by atomic mass is 35.5. The summed E-state index contributed by atoms with van der Waals surface area (Å²) in [4.78, 5) is 15.2. The quantitative estimate of drug-likeness (QED) is 0.594. The van der Waals surface area contributed by atoms with Gasteiger partial charge in [-0.2, -0.15) is 0 Å². The summed E-state index contributed by atoms with van der Waals surface area (Å²) >= 11 is 12.2. The second-order valence-electron chi connectivity index (χ2n) is 7.81. The van der Waals surface area contributed by atoms with E-state index in [1.807, 2.05) is 48.5 Å². The Kier molecular flexibility index (Phi) is 5.96. The van der Waals surface area contributed by atoms with Gasteiger partial charge in [-0.25, -0.2) is 0 Å². The van der Waals surface area contributed by atoms with E-state index < -0.39 is 0 Å². The maximum absolute atomic E-state index is 12.9. The van der Waals surface area contributed by atoms with E-state index in [-0.39, 0.29) is 17.3 Å². The Morgan fingerprint density at radius 2 is 1.46 bits per heavy atom. The number of piperidine rings is 1. The average molecular weight is 418 g/mol. The first-order chi connectivity index (χ1) is 13.6. The fourth-order valence-corrected chi connectivity index (χ4v) is 4.66. The molecular formula is C23H25Cl2NO2. The summed E-state index contributed by atoms with van der Waals surface area (Å²) in [6, 6.07) is 15.6. The fraction of sp³-hybridized carbons (Fsp3) is 0.435. The molecule has 1 saturated heterocycles. The lowest BCUT2D eigenvalue weighted by molar-refractivity contribution is -0.146. The minimum absolute atomic E-state index is 0.109. The van der Waals surface area contributed by atoms with Gasteiger partial charge >= 0.3 is 5.97 Å². The zero-order valence-electron chi connectivity index (χ0n) is 15.9. The van der Waals surface area contributed by atoms with Crippen molar-refractivity contribution in [3.05, 3.63) is 69.7 Å². The number of nitrogens with zero attached hydrogens (tertiary/aromatic N) is 1. The smallest absolute Gasteiger partial charge is 0.310 e. The van der Waals surface area contributed by atoms with Crippen molar-refractivity contribution in [2.75, 3.05) is 26.2 Å². The molecule has 148 valence electrons. The van der Waals surface area contributed by atoms with E-state index in [0.29, 0.717) is 16.7 Å². The molecule has 2 aliphatic rings. The molecule has 0 aromatic heterocycles. The van der Waals surface area contributed by atoms with Crippen LogP contribution in [0.1, 0.15) is 36.8 Å². The van der Waals surface area contributed by atoms with Gasteiger partial charge in [0.25, 0.3) is 0 Å². The first kappa shape index (κ1) is 19.8. The third-order valence-electron chi connectivity index (χ3n) is 6.06. The zero-order chi connectivity index (χ0) is 19.6. The third kappa shape index (κ3) is 4.07. The van der Waals surface area contributed by atoms with E-state index in [9.17, 15) is 4.79 Å². The second kappa shape index (κ2) is 8.44. The number of carbonyl (C=O) groups is 1. The van der Waals surface area contributed by atoms with Crippen molar-refractivity contribution in [1.82, 2.24) is 4.90 Å². The van der Waals surface area contributed by atoms with Crippen molar-refractivity contribution in [2.45, 2.75) is 31.1 Å². The Hall–Kier alpha value is -1.55. The van der Waals surface area contributed by atoms with Crippen LogP contribution in [0.4, 0.5) is 0 Å². The molecule has 1 saturated carbocycles. The minimum Gasteiger partial charge on any atom is -0.464 e. The summed E-state index contributed by atoms with van der Waals surface area (Å²) in [6.45, 7) is 3.51. The van der Waals surface area contributed by atoms with E-state index in [2.05, 4.69) is 4.90 Å². The maximum atomic E-state index is 12.9. The van der Waals surface area contributed by atoms with Crippen LogP contribution in [0.25, 0.3) is 0 Å². The van der Waals surface area contributed by atoms with Crippen LogP contribution in [0.5, 0.6) is 0 Å². The molecule has 0 N–H and O–H groups in total. The summed E-state index contributed by atoms with van der Waals surface area (Å²) in [5.74, 6) is -0.280. The predicted octanol–water partition coefficient (Wildman–Crippen LogP) is 5.33. The Bertz CT molecular complexity index is 768. The summed E-state index contributed by atoms with van der Waals surface area (Å²) in [5.41, 5.74) is 1.84. The average Bonchev–Trinajstić information content (AvgIpc) is 3.47. The number of likely N-dealkylation sites (tertiary alicyclic amines) is 1. The Morgan fingerprint density at radius 3 is 2.00 bits per heavy atom. The van der Waals surface area contributed by atoms with Gasteiger partial charge in [-0.15, -0.1) is 0 Å². The van der Waals surface area contributed by atoms with Crippen molar-refractivity contribution in [1.29, 1.82) is 0 Å². The van der Waals surface area contributed by atoms with Crippen LogP contribution in [0, 0.1) is 5.92 Å². The molecule has 1 atom stereocenters. The third-order valence-corrected chi connectivity index (χ3v) is 6.57. The fourth-order valence-electron chi connectivity index (χ4n) is 4.41. The highest BCUT2D eigenvalue weighted by molar-refractivity contribution is 6.30. The molecule has 4 rings (SSSR count). The molecule has 0 radical (unpaired) electrons. The van der Waals surface area contributed by atoms with Crippen LogP contribution in [-0.2, 0) is 14.9 Å². The molecule has 2 aromatic carbocycles. The molecule has 0 bridgehead atoms. The predicted molar refractivity (Wildman–Crippen MR) is 113 cm³/mol. The van der Waals surface area contributed by atoms with Crippen molar-refractivity contribution >= 4 is 29.2 Å². The van der Waals surface area contributed by atoms with E-state index >= 15 is 0 Å². The molecule has 2 fully saturated rings. The maximum Gasteiger partial charge on any atom is 0.310 e. The zero-order valence-corrected chi connectivity index (χ0v) is 17.4. The minimum atomic E-state index is -0.350. The van der Waals surface area contributed by atoms with Crippen LogP contribution >= 0.6 is 23.2 Å². The van der Waals surface area contributed by atoms with Gasteiger partial charge in [-0.05, 0) is 67.7 Å². The lowest BCUT2D eigenvalue weighted by Crippen LogP contribution is -2.33. The van der Waals surface area contributed by atoms with Gasteiger partial charge < -0.3 is 4.74 Å². The number of hydrogen-bond acceptors (Lipinski definition) is 3. The molecule has 0 amide bonds. The van der Waals surface area contributed by atoms with Gasteiger partial charge in [0.05, 0.1) is 5.92 Å². The van der Waals surface area contributed by atoms with Gasteiger partial charge in [-0.1, -0.05) is 53.9 Å². The van der Waals surface area contributed by atoms with Crippen LogP contribution in [0.2, 0.25) is 10.0 Å². The van der Waals surface area contributed by atoms with Crippen LogP contribution in [0.15, 0.2) is 48.5 Å². The van der Waals surface area contributed by atoms with E-state index in [1.54, 1.807) is 0 Å². The number of esters is 1. The summed E-state index contributed by atoms with van der Waals surface area (Å²) < 4.78 is 5.68. The number of hydrogen-bond donors (Lipinski definition) is 0. The second-order valence-corrected chi connectivity index (χ2v) is 8.68. The molecule has 3 nitrogen and oxygen atoms in total. The molecule has 28 heavy (non-hydrogen) atoms. The number of rotatable bonds is 6. The van der Waals surface area contributed by atoms with E-state index in [0.717, 1.165) is 37.2 Å². The van der Waals surface area contributed by atoms with Gasteiger partial charge in [0.15, 0.2) is 0 Å². The Balaban J connectivity index is 1.47. The number of carbonyl (C=O) groups excluding carboxylic acids is 1. The van der Waals surface area contributed by atoms with Crippen LogP contribution < -0.4 is 0 Å². The van der Waals surface area contributed by atoms with Gasteiger partial charge in [0.1, 0.15) is 6.61 Å². The topological polar surface area (TPSA) is 29.5 Å². The molecule has 1 aliphatic heterocycles. The largest absolute Gasteiger partial charge is 0.464 e. The molecule has 1 unspecified atom stereocenters. The first-order valence-corrected chi connectivity index (χ1v) is 10.8. The van der Waals surface area contributed by atoms with Gasteiger partial charge in [0.2, 0.25) is 0 Å². The van der Waals surface area contributed by atoms with Crippen LogP contribution in [0.3, 0.4) is 0 Å². The van der Waals surface area contributed by atoms with Crippen molar-refractivity contribution < 1.29 is 9.53 Å². The normalized spacial score (nSPS) is 21.3. The molecule has 1 aliphatic carbocycles. The first-order valence-electron chi connectivity index (χ1n) is 10.0. The number of halogens is 2. The molecule has 0 spiro atoms. The van der Waals surface area contributed by atoms with E-state index in [1.165, 1.54) is 19.3 Å². The van der Waals surface area contributed by atoms with E-state index in [4.69, 9.17) is 27.9 Å².